The minimum Gasteiger partial charge on any atom is -0.313 e. The highest BCUT2D eigenvalue weighted by Crippen LogP contribution is 2.21. The van der Waals surface area contributed by atoms with Crippen LogP contribution in [0.5, 0.6) is 0 Å². The standard InChI is InChI=1S/C13H19N3S/c1-4-7-14-8-5-6-12-11(3)15-13-16(12)9-10(2)17-13/h5-6,9,14H,4,7-8H2,1-3H3. The van der Waals surface area contributed by atoms with Gasteiger partial charge in [0.05, 0.1) is 11.4 Å². The van der Waals surface area contributed by atoms with Gasteiger partial charge in [0.1, 0.15) is 0 Å². The number of hydrogen-bond donors (Lipinski definition) is 1. The first kappa shape index (κ1) is 12.3. The third-order valence-corrected chi connectivity index (χ3v) is 3.53. The Morgan fingerprint density at radius 2 is 2.29 bits per heavy atom. The lowest BCUT2D eigenvalue weighted by Crippen LogP contribution is -2.13. The summed E-state index contributed by atoms with van der Waals surface area (Å²) in [4.78, 5) is 6.94. The highest BCUT2D eigenvalue weighted by Gasteiger charge is 2.07. The van der Waals surface area contributed by atoms with Gasteiger partial charge in [-0.25, -0.2) is 4.98 Å². The summed E-state index contributed by atoms with van der Waals surface area (Å²) in [5, 5.41) is 3.36. The van der Waals surface area contributed by atoms with Crippen LogP contribution in [0.15, 0.2) is 12.3 Å². The normalized spacial score (nSPS) is 11.9. The molecular weight excluding hydrogens is 230 g/mol. The van der Waals surface area contributed by atoms with Crippen molar-refractivity contribution in [2.24, 2.45) is 0 Å². The van der Waals surface area contributed by atoms with Crippen molar-refractivity contribution in [2.45, 2.75) is 27.2 Å². The van der Waals surface area contributed by atoms with Gasteiger partial charge in [0.15, 0.2) is 4.96 Å². The van der Waals surface area contributed by atoms with Crippen molar-refractivity contribution in [1.82, 2.24) is 14.7 Å². The molecule has 0 atom stereocenters. The van der Waals surface area contributed by atoms with Gasteiger partial charge in [0, 0.05) is 17.6 Å². The first-order chi connectivity index (χ1) is 8.22. The molecule has 0 aliphatic carbocycles. The number of nitrogens with zero attached hydrogens (tertiary/aromatic N) is 2. The van der Waals surface area contributed by atoms with E-state index in [-0.39, 0.29) is 0 Å². The second-order valence-electron chi connectivity index (χ2n) is 4.18. The van der Waals surface area contributed by atoms with Crippen LogP contribution >= 0.6 is 11.3 Å². The molecule has 0 saturated heterocycles. The topological polar surface area (TPSA) is 29.3 Å². The molecule has 1 N–H and O–H groups in total. The number of hydrogen-bond acceptors (Lipinski definition) is 3. The van der Waals surface area contributed by atoms with Gasteiger partial charge < -0.3 is 5.32 Å². The molecule has 2 rings (SSSR count). The lowest BCUT2D eigenvalue weighted by atomic mass is 10.3. The van der Waals surface area contributed by atoms with Gasteiger partial charge in [-0.2, -0.15) is 0 Å². The van der Waals surface area contributed by atoms with E-state index >= 15 is 0 Å². The van der Waals surface area contributed by atoms with Crippen LogP contribution in [0.4, 0.5) is 0 Å². The maximum absolute atomic E-state index is 4.56. The first-order valence-corrected chi connectivity index (χ1v) is 6.86. The SMILES string of the molecule is CCCNCC=Cc1c(C)nc2sc(C)cn12. The molecule has 0 aliphatic heterocycles. The molecule has 0 saturated carbocycles. The fraction of sp³-hybridized carbons (Fsp3) is 0.462. The van der Waals surface area contributed by atoms with Crippen LogP contribution in [0.1, 0.15) is 29.6 Å². The number of nitrogens with one attached hydrogen (secondary N) is 1. The van der Waals surface area contributed by atoms with E-state index in [1.54, 1.807) is 11.3 Å². The fourth-order valence-corrected chi connectivity index (χ4v) is 2.69. The molecule has 2 aromatic rings. The summed E-state index contributed by atoms with van der Waals surface area (Å²) in [6.45, 7) is 8.35. The van der Waals surface area contributed by atoms with Gasteiger partial charge in [-0.05, 0) is 32.9 Å². The monoisotopic (exact) mass is 249 g/mol. The van der Waals surface area contributed by atoms with Crippen LogP contribution in [0, 0.1) is 13.8 Å². The van der Waals surface area contributed by atoms with Crippen molar-refractivity contribution in [1.29, 1.82) is 0 Å². The van der Waals surface area contributed by atoms with E-state index in [2.05, 4.69) is 53.8 Å². The van der Waals surface area contributed by atoms with Crippen molar-refractivity contribution in [3.63, 3.8) is 0 Å². The lowest BCUT2D eigenvalue weighted by molar-refractivity contribution is 0.730. The molecule has 0 aromatic carbocycles. The molecule has 2 heterocycles. The van der Waals surface area contributed by atoms with Crippen molar-refractivity contribution in [2.75, 3.05) is 13.1 Å². The Balaban J connectivity index is 2.13. The van der Waals surface area contributed by atoms with E-state index in [1.165, 1.54) is 17.0 Å². The number of rotatable bonds is 5. The number of fused-ring (bicyclic) bond motifs is 1. The zero-order valence-electron chi connectivity index (χ0n) is 10.7. The number of aromatic nitrogens is 2. The first-order valence-electron chi connectivity index (χ1n) is 6.04. The minimum absolute atomic E-state index is 0.920. The molecular formula is C13H19N3S. The Kier molecular flexibility index (Phi) is 3.97. The molecule has 0 bridgehead atoms. The second kappa shape index (κ2) is 5.47. The minimum atomic E-state index is 0.920. The zero-order valence-corrected chi connectivity index (χ0v) is 11.5. The van der Waals surface area contributed by atoms with Crippen LogP contribution in [0.2, 0.25) is 0 Å². The molecule has 4 heteroatoms. The van der Waals surface area contributed by atoms with Crippen LogP contribution in [0.25, 0.3) is 11.0 Å². The Morgan fingerprint density at radius 1 is 1.47 bits per heavy atom. The van der Waals surface area contributed by atoms with Gasteiger partial charge in [-0.1, -0.05) is 13.0 Å². The second-order valence-corrected chi connectivity index (χ2v) is 5.40. The lowest BCUT2D eigenvalue weighted by Gasteiger charge is -1.97. The third-order valence-electron chi connectivity index (χ3n) is 2.63. The predicted molar refractivity (Wildman–Crippen MR) is 74.7 cm³/mol. The molecule has 0 aliphatic rings. The maximum atomic E-state index is 4.56. The predicted octanol–water partition coefficient (Wildman–Crippen LogP) is 3.03. The Bertz CT molecular complexity index is 522. The molecule has 3 nitrogen and oxygen atoms in total. The zero-order chi connectivity index (χ0) is 12.3. The maximum Gasteiger partial charge on any atom is 0.194 e. The number of aryl methyl sites for hydroxylation is 2. The summed E-state index contributed by atoms with van der Waals surface area (Å²) >= 11 is 1.74. The number of imidazole rings is 1. The van der Waals surface area contributed by atoms with E-state index in [0.717, 1.165) is 23.7 Å². The van der Waals surface area contributed by atoms with E-state index in [0.29, 0.717) is 0 Å². The highest BCUT2D eigenvalue weighted by atomic mass is 32.1. The molecule has 92 valence electrons. The average Bonchev–Trinajstić information content (AvgIpc) is 2.75. The van der Waals surface area contributed by atoms with Crippen LogP contribution in [0.3, 0.4) is 0 Å². The molecule has 0 fully saturated rings. The summed E-state index contributed by atoms with van der Waals surface area (Å²) in [6.07, 6.45) is 7.65. The largest absolute Gasteiger partial charge is 0.313 e. The van der Waals surface area contributed by atoms with Gasteiger partial charge in [-0.3, -0.25) is 4.40 Å². The Labute approximate surface area is 106 Å². The molecule has 2 aromatic heterocycles. The van der Waals surface area contributed by atoms with Gasteiger partial charge >= 0.3 is 0 Å². The number of thiazole rings is 1. The highest BCUT2D eigenvalue weighted by molar-refractivity contribution is 7.17. The summed E-state index contributed by atoms with van der Waals surface area (Å²) in [5.41, 5.74) is 2.30. The van der Waals surface area contributed by atoms with Gasteiger partial charge in [-0.15, -0.1) is 11.3 Å². The van der Waals surface area contributed by atoms with E-state index in [4.69, 9.17) is 0 Å². The van der Waals surface area contributed by atoms with Crippen molar-refractivity contribution in [3.8, 4) is 0 Å². The van der Waals surface area contributed by atoms with Gasteiger partial charge in [0.25, 0.3) is 0 Å². The van der Waals surface area contributed by atoms with E-state index in [9.17, 15) is 0 Å². The third kappa shape index (κ3) is 2.76. The molecule has 0 spiro atoms. The van der Waals surface area contributed by atoms with E-state index in [1.807, 2.05) is 0 Å². The van der Waals surface area contributed by atoms with Gasteiger partial charge in [0.2, 0.25) is 0 Å². The summed E-state index contributed by atoms with van der Waals surface area (Å²) in [5.74, 6) is 0. The average molecular weight is 249 g/mol. The molecule has 0 amide bonds. The summed E-state index contributed by atoms with van der Waals surface area (Å²) in [6, 6.07) is 0. The van der Waals surface area contributed by atoms with Crippen molar-refractivity contribution >= 4 is 22.4 Å². The molecule has 0 radical (unpaired) electrons. The van der Waals surface area contributed by atoms with Crippen LogP contribution < -0.4 is 5.32 Å². The molecule has 17 heavy (non-hydrogen) atoms. The van der Waals surface area contributed by atoms with Crippen molar-refractivity contribution < 1.29 is 0 Å². The Hall–Kier alpha value is -1.13. The van der Waals surface area contributed by atoms with Crippen LogP contribution in [-0.2, 0) is 0 Å². The quantitative estimate of drug-likeness (QED) is 0.825. The molecule has 0 unspecified atom stereocenters. The summed E-state index contributed by atoms with van der Waals surface area (Å²) in [7, 11) is 0. The smallest absolute Gasteiger partial charge is 0.194 e. The Morgan fingerprint density at radius 3 is 3.06 bits per heavy atom. The summed E-state index contributed by atoms with van der Waals surface area (Å²) < 4.78 is 2.17. The van der Waals surface area contributed by atoms with Crippen LogP contribution in [-0.4, -0.2) is 22.5 Å². The fourth-order valence-electron chi connectivity index (χ4n) is 1.81. The van der Waals surface area contributed by atoms with E-state index < -0.39 is 0 Å². The van der Waals surface area contributed by atoms with Crippen molar-refractivity contribution in [3.05, 3.63) is 28.5 Å².